The Morgan fingerprint density at radius 2 is 1.58 bits per heavy atom. The molecule has 1 unspecified atom stereocenters. The lowest BCUT2D eigenvalue weighted by molar-refractivity contribution is -0.265. The second-order valence-electron chi connectivity index (χ2n) is 20.0. The number of ketones is 2. The molecule has 0 spiro atoms. The van der Waals surface area contributed by atoms with E-state index in [1.807, 2.05) is 71.1 Å². The van der Waals surface area contributed by atoms with Crippen LogP contribution < -0.4 is 0 Å². The van der Waals surface area contributed by atoms with Crippen LogP contribution >= 0.6 is 0 Å². The first-order valence-electron chi connectivity index (χ1n) is 24.1. The Balaban J connectivity index is 1.67. The zero-order valence-electron chi connectivity index (χ0n) is 39.9. The van der Waals surface area contributed by atoms with E-state index in [1.165, 1.54) is 4.90 Å². The molecule has 64 heavy (non-hydrogen) atoms. The third-order valence-electron chi connectivity index (χ3n) is 14.7. The Bertz CT molecular complexity index is 1670. The van der Waals surface area contributed by atoms with Gasteiger partial charge in [0.05, 0.1) is 36.9 Å². The van der Waals surface area contributed by atoms with E-state index in [0.29, 0.717) is 82.6 Å². The highest BCUT2D eigenvalue weighted by atomic mass is 16.6. The predicted molar refractivity (Wildman–Crippen MR) is 244 cm³/mol. The topological polar surface area (TPSA) is 200 Å². The van der Waals surface area contributed by atoms with Crippen molar-refractivity contribution < 1.29 is 58.9 Å². The molecule has 5 N–H and O–H groups in total. The summed E-state index contributed by atoms with van der Waals surface area (Å²) in [5.74, 6) is -7.61. The number of aliphatic hydroxyl groups excluding tert-OH is 4. The zero-order chi connectivity index (χ0) is 47.3. The Kier molecular flexibility index (Phi) is 21.1. The summed E-state index contributed by atoms with van der Waals surface area (Å²) in [5, 5.41) is 54.1. The Morgan fingerprint density at radius 1 is 0.844 bits per heavy atom. The third-order valence-corrected chi connectivity index (χ3v) is 14.7. The number of rotatable bonds is 6. The fraction of sp³-hybridized carbons (Fsp3) is 0.765. The van der Waals surface area contributed by atoms with Gasteiger partial charge < -0.3 is 44.6 Å². The summed E-state index contributed by atoms with van der Waals surface area (Å²) in [6.07, 6.45) is 15.2. The largest absolute Gasteiger partial charge is 0.461 e. The highest BCUT2D eigenvalue weighted by Crippen LogP contribution is 2.38. The van der Waals surface area contributed by atoms with Crippen molar-refractivity contribution in [2.24, 2.45) is 47.3 Å². The number of ether oxygens (including phenoxy) is 3. The number of carbonyl (C=O) groups excluding carboxylic acids is 4. The van der Waals surface area contributed by atoms with Crippen LogP contribution in [0.1, 0.15) is 132 Å². The van der Waals surface area contributed by atoms with Crippen molar-refractivity contribution in [1.29, 1.82) is 0 Å². The van der Waals surface area contributed by atoms with Crippen molar-refractivity contribution in [3.63, 3.8) is 0 Å². The van der Waals surface area contributed by atoms with Crippen LogP contribution in [0.15, 0.2) is 47.6 Å². The molecule has 1 saturated carbocycles. The van der Waals surface area contributed by atoms with Crippen molar-refractivity contribution in [3.05, 3.63) is 47.6 Å². The lowest BCUT2D eigenvalue weighted by atomic mass is 9.75. The molecule has 3 heterocycles. The number of carbonyl (C=O) groups is 4. The van der Waals surface area contributed by atoms with Crippen LogP contribution in [-0.2, 0) is 33.4 Å². The molecule has 0 aromatic carbocycles. The lowest BCUT2D eigenvalue weighted by Crippen LogP contribution is -2.61. The van der Waals surface area contributed by atoms with Gasteiger partial charge in [-0.1, -0.05) is 71.1 Å². The molecule has 2 saturated heterocycles. The lowest BCUT2D eigenvalue weighted by Gasteiger charge is -2.42. The van der Waals surface area contributed by atoms with E-state index in [4.69, 9.17) is 14.2 Å². The first-order chi connectivity index (χ1) is 30.3. The molecule has 13 nitrogen and oxygen atoms in total. The third kappa shape index (κ3) is 14.2. The second-order valence-corrected chi connectivity index (χ2v) is 20.0. The van der Waals surface area contributed by atoms with Crippen molar-refractivity contribution in [2.75, 3.05) is 26.9 Å². The number of piperidine rings is 1. The van der Waals surface area contributed by atoms with Crippen LogP contribution in [0.25, 0.3) is 0 Å². The van der Waals surface area contributed by atoms with E-state index in [9.17, 15) is 44.7 Å². The maximum absolute atomic E-state index is 14.3. The number of aliphatic hydroxyl groups is 5. The number of esters is 1. The minimum absolute atomic E-state index is 0.0368. The van der Waals surface area contributed by atoms with Crippen LogP contribution in [0.4, 0.5) is 0 Å². The SMILES string of the molecule is CO[C@H]1C[C@@H]2CC[C@@H](C)[C@](O)(O2)C(=O)C(=O)N2CCCC[C@H]2C(=O)O[C@H](C(C)C[C@@H]2CC[C@@H](O)[C@H](CO)C2)CC[C@H](C)/C=C(\C)[C@@H](O)[C@@H](CO)C(=O)[C@H](C)C[C@H](C)/C=C/C=CC=C1C. The van der Waals surface area contributed by atoms with Gasteiger partial charge in [-0.2, -0.15) is 0 Å². The van der Waals surface area contributed by atoms with Crippen LogP contribution in [0.2, 0.25) is 0 Å². The maximum atomic E-state index is 14.3. The average Bonchev–Trinajstić information content (AvgIpc) is 3.27. The molecule has 1 aliphatic carbocycles. The van der Waals surface area contributed by atoms with Gasteiger partial charge in [0.25, 0.3) is 11.7 Å². The highest BCUT2D eigenvalue weighted by Gasteiger charge is 2.53. The number of hydrogen-bond acceptors (Lipinski definition) is 12. The second kappa shape index (κ2) is 25.2. The Labute approximate surface area is 382 Å². The fourth-order valence-corrected chi connectivity index (χ4v) is 10.5. The van der Waals surface area contributed by atoms with Crippen LogP contribution in [0, 0.1) is 47.3 Å². The normalized spacial score (nSPS) is 39.5. The summed E-state index contributed by atoms with van der Waals surface area (Å²) in [7, 11) is 1.58. The van der Waals surface area contributed by atoms with Gasteiger partial charge in [-0.3, -0.25) is 14.4 Å². The van der Waals surface area contributed by atoms with Crippen molar-refractivity contribution >= 4 is 23.4 Å². The standard InChI is InChI=1S/C51H81NO12/c1-31-14-10-9-11-15-33(3)45(62-8)28-40-20-18-37(7)51(61,64-40)48(58)49(59)52-23-13-12-16-42(52)50(60)63-44(34(4)26-38-19-21-43(55)39(27-38)29-53)22-17-32(2)25-36(6)47(57)41(30-54)46(56)35(5)24-31/h9-11,14-15,25,31-32,34-35,37-45,47,53-55,57,61H,12-13,16-24,26-30H2,1-8H3/b11-9?,14-10+,33-15?,36-25+/t31-,32+,34?,35-,37-,38+,39+,40+,41+,42+,43-,44+,45+,47-,51+/m1/s1. The van der Waals surface area contributed by atoms with Gasteiger partial charge in [0.1, 0.15) is 17.9 Å². The van der Waals surface area contributed by atoms with Crippen molar-refractivity contribution in [3.8, 4) is 0 Å². The Hall–Kier alpha value is -3.04. The summed E-state index contributed by atoms with van der Waals surface area (Å²) < 4.78 is 18.4. The molecule has 0 aromatic rings. The molecule has 13 heteroatoms. The molecule has 1 amide bonds. The number of hydrogen-bond donors (Lipinski definition) is 5. The molecule has 0 radical (unpaired) electrons. The number of cyclic esters (lactones) is 1. The molecular weight excluding hydrogens is 819 g/mol. The van der Waals surface area contributed by atoms with E-state index in [2.05, 4.69) is 0 Å². The number of Topliss-reactive ketones (excluding diaryl/α,β-unsaturated/α-hetero) is 2. The molecular formula is C51H81NO12. The maximum Gasteiger partial charge on any atom is 0.329 e. The summed E-state index contributed by atoms with van der Waals surface area (Å²) in [4.78, 5) is 57.6. The van der Waals surface area contributed by atoms with Gasteiger partial charge in [0.15, 0.2) is 0 Å². The average molecular weight is 900 g/mol. The van der Waals surface area contributed by atoms with Crippen molar-refractivity contribution in [2.45, 2.75) is 174 Å². The number of allylic oxidation sites excluding steroid dienone is 6. The van der Waals surface area contributed by atoms with E-state index >= 15 is 0 Å². The predicted octanol–water partition coefficient (Wildman–Crippen LogP) is 6.19. The molecule has 15 atom stereocenters. The molecule has 4 rings (SSSR count). The highest BCUT2D eigenvalue weighted by molar-refractivity contribution is 6.39. The van der Waals surface area contributed by atoms with E-state index < -0.39 is 84.4 Å². The van der Waals surface area contributed by atoms with E-state index in [0.717, 1.165) is 12.0 Å². The molecule has 0 aromatic heterocycles. The quantitative estimate of drug-likeness (QED) is 0.115. The van der Waals surface area contributed by atoms with E-state index in [1.54, 1.807) is 21.0 Å². The van der Waals surface area contributed by atoms with Crippen LogP contribution in [-0.4, -0.2) is 123 Å². The number of fused-ring (bicyclic) bond motifs is 3. The van der Waals surface area contributed by atoms with Gasteiger partial charge in [-0.25, -0.2) is 4.79 Å². The molecule has 3 aliphatic heterocycles. The van der Waals surface area contributed by atoms with Gasteiger partial charge in [-0.05, 0) is 126 Å². The summed E-state index contributed by atoms with van der Waals surface area (Å²) in [5.41, 5.74) is 1.45. The smallest absolute Gasteiger partial charge is 0.329 e. The van der Waals surface area contributed by atoms with E-state index in [-0.39, 0.29) is 48.5 Å². The molecule has 4 aliphatic rings. The molecule has 3 fully saturated rings. The fourth-order valence-electron chi connectivity index (χ4n) is 10.5. The summed E-state index contributed by atoms with van der Waals surface area (Å²) in [6, 6.07) is -1.04. The summed E-state index contributed by atoms with van der Waals surface area (Å²) >= 11 is 0. The first-order valence-corrected chi connectivity index (χ1v) is 24.1. The van der Waals surface area contributed by atoms with Crippen molar-refractivity contribution in [1.82, 2.24) is 4.90 Å². The Morgan fingerprint density at radius 3 is 2.27 bits per heavy atom. The number of methoxy groups -OCH3 is 1. The zero-order valence-corrected chi connectivity index (χ0v) is 39.9. The molecule has 2 bridgehead atoms. The first kappa shape index (κ1) is 53.6. The van der Waals surface area contributed by atoms with Crippen LogP contribution in [0.3, 0.4) is 0 Å². The van der Waals surface area contributed by atoms with Gasteiger partial charge in [-0.15, -0.1) is 0 Å². The minimum atomic E-state index is -2.39. The van der Waals surface area contributed by atoms with Gasteiger partial charge in [0.2, 0.25) is 5.79 Å². The van der Waals surface area contributed by atoms with Gasteiger partial charge >= 0.3 is 5.97 Å². The van der Waals surface area contributed by atoms with Gasteiger partial charge in [0, 0.05) is 44.4 Å². The summed E-state index contributed by atoms with van der Waals surface area (Å²) in [6.45, 7) is 12.8. The minimum Gasteiger partial charge on any atom is -0.461 e. The number of nitrogens with zero attached hydrogens (tertiary/aromatic N) is 1. The monoisotopic (exact) mass is 900 g/mol. The molecule has 362 valence electrons. The number of amides is 1. The van der Waals surface area contributed by atoms with Crippen LogP contribution in [0.5, 0.6) is 0 Å².